The summed E-state index contributed by atoms with van der Waals surface area (Å²) in [6.07, 6.45) is 0.335. The molecule has 0 fully saturated rings. The summed E-state index contributed by atoms with van der Waals surface area (Å²) in [5.74, 6) is -0.935. The fourth-order valence-electron chi connectivity index (χ4n) is 4.12. The van der Waals surface area contributed by atoms with E-state index in [1.54, 1.807) is 24.3 Å². The van der Waals surface area contributed by atoms with Crippen LogP contribution in [0.4, 0.5) is 0 Å². The lowest BCUT2D eigenvalue weighted by Crippen LogP contribution is -2.45. The van der Waals surface area contributed by atoms with E-state index in [0.29, 0.717) is 0 Å². The number of aliphatic hydroxyl groups excluding tert-OH is 1. The molecular formula is C24H28O3. The number of aryl methyl sites for hydroxylation is 1. The minimum absolute atomic E-state index is 0.0853. The molecule has 0 spiro atoms. The first-order valence-corrected chi connectivity index (χ1v) is 9.32. The Morgan fingerprint density at radius 3 is 2.15 bits per heavy atom. The monoisotopic (exact) mass is 364 g/mol. The standard InChI is InChI=1S/C24H28O3/c1-14-11-19-20(24(5,6)21(25)13-23(19,3)4)12-18(14)15(2)16-7-9-17(10-8-16)22(26)27/h7-12,21,25H,2,13H2,1,3-6H3,(H,26,27)/t21-/m0/s1. The first kappa shape index (κ1) is 19.4. The Hall–Kier alpha value is -2.39. The normalized spacial score (nSPS) is 20.0. The fourth-order valence-corrected chi connectivity index (χ4v) is 4.12. The van der Waals surface area contributed by atoms with Crippen molar-refractivity contribution in [1.29, 1.82) is 0 Å². The second-order valence-electron chi connectivity index (χ2n) is 8.90. The summed E-state index contributed by atoms with van der Waals surface area (Å²) in [4.78, 5) is 11.1. The highest BCUT2D eigenvalue weighted by Crippen LogP contribution is 2.47. The zero-order valence-electron chi connectivity index (χ0n) is 16.8. The Kier molecular flexibility index (Phi) is 4.55. The van der Waals surface area contributed by atoms with Gasteiger partial charge in [0.1, 0.15) is 0 Å². The van der Waals surface area contributed by atoms with Crippen LogP contribution in [-0.4, -0.2) is 22.3 Å². The van der Waals surface area contributed by atoms with E-state index in [1.165, 1.54) is 5.56 Å². The molecule has 0 aromatic heterocycles. The molecule has 0 saturated heterocycles. The van der Waals surface area contributed by atoms with Crippen LogP contribution < -0.4 is 0 Å². The van der Waals surface area contributed by atoms with Crippen molar-refractivity contribution in [2.24, 2.45) is 0 Å². The lowest BCUT2D eigenvalue weighted by molar-refractivity contribution is 0.0582. The number of hydrogen-bond donors (Lipinski definition) is 2. The summed E-state index contributed by atoms with van der Waals surface area (Å²) >= 11 is 0. The van der Waals surface area contributed by atoms with Gasteiger partial charge in [-0.15, -0.1) is 0 Å². The zero-order valence-corrected chi connectivity index (χ0v) is 16.8. The smallest absolute Gasteiger partial charge is 0.335 e. The van der Waals surface area contributed by atoms with E-state index in [4.69, 9.17) is 5.11 Å². The van der Waals surface area contributed by atoms with Gasteiger partial charge in [0.2, 0.25) is 0 Å². The lowest BCUT2D eigenvalue weighted by atomic mass is 9.61. The maximum absolute atomic E-state index is 11.1. The van der Waals surface area contributed by atoms with Gasteiger partial charge in [0.25, 0.3) is 0 Å². The van der Waals surface area contributed by atoms with Crippen molar-refractivity contribution in [3.8, 4) is 0 Å². The molecule has 2 N–H and O–H groups in total. The van der Waals surface area contributed by atoms with Gasteiger partial charge in [-0.2, -0.15) is 0 Å². The number of hydrogen-bond acceptors (Lipinski definition) is 2. The predicted molar refractivity (Wildman–Crippen MR) is 109 cm³/mol. The van der Waals surface area contributed by atoms with Gasteiger partial charge in [0, 0.05) is 5.41 Å². The molecule has 1 aliphatic rings. The molecule has 0 bridgehead atoms. The number of fused-ring (bicyclic) bond motifs is 1. The van der Waals surface area contributed by atoms with Crippen molar-refractivity contribution in [2.45, 2.75) is 58.0 Å². The topological polar surface area (TPSA) is 57.5 Å². The van der Waals surface area contributed by atoms with Gasteiger partial charge in [-0.25, -0.2) is 4.79 Å². The summed E-state index contributed by atoms with van der Waals surface area (Å²) in [6.45, 7) is 14.9. The van der Waals surface area contributed by atoms with Gasteiger partial charge in [-0.3, -0.25) is 0 Å². The van der Waals surface area contributed by atoms with Gasteiger partial charge in [-0.1, -0.05) is 52.5 Å². The first-order chi connectivity index (χ1) is 12.4. The molecular weight excluding hydrogens is 336 g/mol. The number of carbonyl (C=O) groups is 1. The Bertz CT molecular complexity index is 917. The van der Waals surface area contributed by atoms with Crippen LogP contribution in [0.5, 0.6) is 0 Å². The quantitative estimate of drug-likeness (QED) is 0.799. The molecule has 3 nitrogen and oxygen atoms in total. The number of benzene rings is 2. The molecule has 27 heavy (non-hydrogen) atoms. The van der Waals surface area contributed by atoms with E-state index < -0.39 is 12.1 Å². The van der Waals surface area contributed by atoms with Crippen molar-refractivity contribution in [3.63, 3.8) is 0 Å². The second-order valence-corrected chi connectivity index (χ2v) is 8.90. The van der Waals surface area contributed by atoms with Crippen molar-refractivity contribution < 1.29 is 15.0 Å². The number of rotatable bonds is 3. The maximum atomic E-state index is 11.1. The van der Waals surface area contributed by atoms with Crippen LogP contribution in [0.25, 0.3) is 5.57 Å². The summed E-state index contributed by atoms with van der Waals surface area (Å²) < 4.78 is 0. The lowest BCUT2D eigenvalue weighted by Gasteiger charge is -2.46. The highest BCUT2D eigenvalue weighted by Gasteiger charge is 2.43. The van der Waals surface area contributed by atoms with E-state index in [1.807, 2.05) is 0 Å². The van der Waals surface area contributed by atoms with E-state index in [9.17, 15) is 9.90 Å². The number of aliphatic hydroxyl groups is 1. The Morgan fingerprint density at radius 2 is 1.59 bits per heavy atom. The molecule has 142 valence electrons. The average molecular weight is 364 g/mol. The predicted octanol–water partition coefficient (Wildman–Crippen LogP) is 5.07. The van der Waals surface area contributed by atoms with Crippen LogP contribution in [0.2, 0.25) is 0 Å². The number of aromatic carboxylic acids is 1. The summed E-state index contributed by atoms with van der Waals surface area (Å²) in [5, 5.41) is 19.8. The molecule has 2 aromatic carbocycles. The highest BCUT2D eigenvalue weighted by molar-refractivity contribution is 5.89. The van der Waals surface area contributed by atoms with E-state index >= 15 is 0 Å². The van der Waals surface area contributed by atoms with Gasteiger partial charge >= 0.3 is 5.97 Å². The SMILES string of the molecule is C=C(c1ccc(C(=O)O)cc1)c1cc2c(cc1C)C(C)(C)C[C@H](O)C2(C)C. The molecule has 1 atom stereocenters. The average Bonchev–Trinajstić information content (AvgIpc) is 2.59. The van der Waals surface area contributed by atoms with Crippen LogP contribution >= 0.6 is 0 Å². The Labute approximate surface area is 161 Å². The molecule has 0 saturated carbocycles. The minimum Gasteiger partial charge on any atom is -0.478 e. The van der Waals surface area contributed by atoms with Gasteiger partial charge in [-0.05, 0) is 70.3 Å². The van der Waals surface area contributed by atoms with Crippen molar-refractivity contribution in [3.05, 3.63) is 76.4 Å². The molecule has 0 unspecified atom stereocenters. The molecule has 0 radical (unpaired) electrons. The van der Waals surface area contributed by atoms with Crippen LogP contribution in [0, 0.1) is 6.92 Å². The number of carboxylic acids is 1. The maximum Gasteiger partial charge on any atom is 0.335 e. The third kappa shape index (κ3) is 3.21. The summed E-state index contributed by atoms with van der Waals surface area (Å²) in [6, 6.07) is 11.2. The minimum atomic E-state index is -0.935. The highest BCUT2D eigenvalue weighted by atomic mass is 16.4. The molecule has 2 aromatic rings. The molecule has 0 aliphatic heterocycles. The first-order valence-electron chi connectivity index (χ1n) is 9.32. The van der Waals surface area contributed by atoms with Gasteiger partial charge in [0.15, 0.2) is 0 Å². The van der Waals surface area contributed by atoms with Crippen LogP contribution in [0.1, 0.15) is 72.3 Å². The fraction of sp³-hybridized carbons (Fsp3) is 0.375. The molecule has 3 heteroatoms. The van der Waals surface area contributed by atoms with Crippen molar-refractivity contribution in [2.75, 3.05) is 0 Å². The van der Waals surface area contributed by atoms with Crippen LogP contribution in [0.15, 0.2) is 43.0 Å². The zero-order chi connectivity index (χ0) is 20.1. The summed E-state index contributed by atoms with van der Waals surface area (Å²) in [7, 11) is 0. The van der Waals surface area contributed by atoms with Gasteiger partial charge in [0.05, 0.1) is 11.7 Å². The Balaban J connectivity index is 2.11. The van der Waals surface area contributed by atoms with E-state index in [0.717, 1.165) is 34.2 Å². The molecule has 0 amide bonds. The Morgan fingerprint density at radius 1 is 1.04 bits per heavy atom. The number of carboxylic acid groups (broad SMARTS) is 1. The van der Waals surface area contributed by atoms with Crippen molar-refractivity contribution >= 4 is 11.5 Å². The van der Waals surface area contributed by atoms with E-state index in [2.05, 4.69) is 53.3 Å². The van der Waals surface area contributed by atoms with Crippen molar-refractivity contribution in [1.82, 2.24) is 0 Å². The van der Waals surface area contributed by atoms with Gasteiger partial charge < -0.3 is 10.2 Å². The third-order valence-electron chi connectivity index (χ3n) is 6.13. The van der Waals surface area contributed by atoms with E-state index in [-0.39, 0.29) is 16.4 Å². The van der Waals surface area contributed by atoms with Crippen LogP contribution in [-0.2, 0) is 10.8 Å². The largest absolute Gasteiger partial charge is 0.478 e. The molecule has 1 aliphatic carbocycles. The molecule has 0 heterocycles. The molecule has 3 rings (SSSR count). The second kappa shape index (κ2) is 6.35. The summed E-state index contributed by atoms with van der Waals surface area (Å²) in [5.41, 5.74) is 6.23. The van der Waals surface area contributed by atoms with Crippen LogP contribution in [0.3, 0.4) is 0 Å². The third-order valence-corrected chi connectivity index (χ3v) is 6.13.